The molecule has 2 heterocycles. The normalized spacial score (nSPS) is 11.0. The lowest BCUT2D eigenvalue weighted by Crippen LogP contribution is -2.33. The molecule has 0 saturated carbocycles. The van der Waals surface area contributed by atoms with E-state index in [1.807, 2.05) is 13.8 Å². The summed E-state index contributed by atoms with van der Waals surface area (Å²) in [6, 6.07) is 3.01. The number of unbranched alkanes of at least 4 members (excludes halogenated alkanes) is 1. The van der Waals surface area contributed by atoms with Gasteiger partial charge in [-0.15, -0.1) is 5.10 Å². The number of benzene rings is 1. The molecule has 0 bridgehead atoms. The predicted octanol–water partition coefficient (Wildman–Crippen LogP) is 3.21. The minimum absolute atomic E-state index is 0.00998. The molecule has 32 heavy (non-hydrogen) atoms. The van der Waals surface area contributed by atoms with Gasteiger partial charge >= 0.3 is 0 Å². The monoisotopic (exact) mass is 462 g/mol. The van der Waals surface area contributed by atoms with E-state index < -0.39 is 23.4 Å². The Balaban J connectivity index is 1.53. The number of thioether (sulfide) groups is 1. The summed E-state index contributed by atoms with van der Waals surface area (Å²) in [5.74, 6) is -2.54. The minimum Gasteiger partial charge on any atom is -0.346 e. The van der Waals surface area contributed by atoms with Crippen LogP contribution in [0.1, 0.15) is 36.7 Å². The molecule has 170 valence electrons. The molecule has 0 aliphatic heterocycles. The van der Waals surface area contributed by atoms with Gasteiger partial charge in [-0.3, -0.25) is 9.59 Å². The van der Waals surface area contributed by atoms with Crippen molar-refractivity contribution >= 4 is 35.0 Å². The molecule has 0 unspecified atom stereocenters. The molecule has 0 radical (unpaired) electrons. The van der Waals surface area contributed by atoms with Gasteiger partial charge in [0.15, 0.2) is 11.6 Å². The maximum Gasteiger partial charge on any atom is 0.253 e. The number of amides is 2. The predicted molar refractivity (Wildman–Crippen MR) is 118 cm³/mol. The lowest BCUT2D eigenvalue weighted by molar-refractivity contribution is -0.122. The number of anilines is 1. The van der Waals surface area contributed by atoms with Gasteiger partial charge in [0.1, 0.15) is 0 Å². The highest BCUT2D eigenvalue weighted by atomic mass is 32.2. The molecule has 2 amide bonds. The molecule has 2 aromatic heterocycles. The molecule has 11 heteroatoms. The fourth-order valence-electron chi connectivity index (χ4n) is 3.11. The summed E-state index contributed by atoms with van der Waals surface area (Å²) in [5.41, 5.74) is 3.17. The largest absolute Gasteiger partial charge is 0.346 e. The maximum atomic E-state index is 13.2. The molecule has 0 saturated heterocycles. The Labute approximate surface area is 188 Å². The number of nitrogens with one attached hydrogen (secondary N) is 2. The van der Waals surface area contributed by atoms with E-state index >= 15 is 0 Å². The third-order valence-corrected chi connectivity index (χ3v) is 5.63. The molecular formula is C21H24F2N6O2S. The minimum atomic E-state index is -1.07. The first-order valence-electron chi connectivity index (χ1n) is 10.2. The molecule has 0 aliphatic carbocycles. The van der Waals surface area contributed by atoms with Crippen LogP contribution in [-0.4, -0.2) is 43.7 Å². The van der Waals surface area contributed by atoms with E-state index in [0.717, 1.165) is 60.1 Å². The lowest BCUT2D eigenvalue weighted by atomic mass is 10.1. The number of aromatic nitrogens is 4. The first-order chi connectivity index (χ1) is 15.3. The van der Waals surface area contributed by atoms with Crippen molar-refractivity contribution in [1.82, 2.24) is 24.9 Å². The number of carbonyl (C=O) groups excluding carboxylic acids is 2. The van der Waals surface area contributed by atoms with Crippen LogP contribution in [0.25, 0.3) is 5.78 Å². The molecule has 1 aromatic carbocycles. The summed E-state index contributed by atoms with van der Waals surface area (Å²) < 4.78 is 27.8. The van der Waals surface area contributed by atoms with Crippen LogP contribution in [0.2, 0.25) is 0 Å². The Morgan fingerprint density at radius 2 is 1.91 bits per heavy atom. The van der Waals surface area contributed by atoms with Crippen LogP contribution in [0.3, 0.4) is 0 Å². The van der Waals surface area contributed by atoms with Crippen molar-refractivity contribution in [1.29, 1.82) is 0 Å². The van der Waals surface area contributed by atoms with Crippen molar-refractivity contribution in [3.8, 4) is 0 Å². The molecule has 3 aromatic rings. The third kappa shape index (κ3) is 5.78. The third-order valence-electron chi connectivity index (χ3n) is 4.79. The molecule has 3 rings (SSSR count). The van der Waals surface area contributed by atoms with Gasteiger partial charge in [-0.05, 0) is 44.4 Å². The summed E-state index contributed by atoms with van der Waals surface area (Å²) in [4.78, 5) is 32.9. The maximum absolute atomic E-state index is 13.2. The van der Waals surface area contributed by atoms with Gasteiger partial charge in [0.05, 0.1) is 12.3 Å². The van der Waals surface area contributed by atoms with E-state index in [0.29, 0.717) is 10.9 Å². The van der Waals surface area contributed by atoms with E-state index in [-0.39, 0.29) is 18.0 Å². The van der Waals surface area contributed by atoms with Gasteiger partial charge in [0, 0.05) is 23.1 Å². The van der Waals surface area contributed by atoms with E-state index in [4.69, 9.17) is 0 Å². The van der Waals surface area contributed by atoms with Crippen molar-refractivity contribution in [2.45, 2.75) is 45.2 Å². The van der Waals surface area contributed by atoms with E-state index in [1.165, 1.54) is 6.07 Å². The highest BCUT2D eigenvalue weighted by Crippen LogP contribution is 2.19. The van der Waals surface area contributed by atoms with Gasteiger partial charge in [-0.25, -0.2) is 18.3 Å². The van der Waals surface area contributed by atoms with Crippen LogP contribution >= 0.6 is 11.8 Å². The van der Waals surface area contributed by atoms with Crippen LogP contribution in [0.15, 0.2) is 23.4 Å². The summed E-state index contributed by atoms with van der Waals surface area (Å²) in [6.07, 6.45) is 3.08. The van der Waals surface area contributed by atoms with Gasteiger partial charge in [-0.1, -0.05) is 25.1 Å². The van der Waals surface area contributed by atoms with Crippen molar-refractivity contribution in [2.75, 3.05) is 17.6 Å². The molecule has 0 atom stereocenters. The standard InChI is InChI=1S/C21H24F2N6O2S/c1-4-5-6-15-12(2)25-20-27-21(28-29(20)13(15)3)32-11-19(31)24-10-18(30)26-14-7-8-16(22)17(23)9-14/h7-9H,4-6,10-11H2,1-3H3,(H,24,31)(H,26,30). The van der Waals surface area contributed by atoms with E-state index in [1.54, 1.807) is 4.52 Å². The smallest absolute Gasteiger partial charge is 0.253 e. The molecule has 8 nitrogen and oxygen atoms in total. The summed E-state index contributed by atoms with van der Waals surface area (Å²) in [5, 5.41) is 9.70. The Bertz CT molecular complexity index is 1150. The van der Waals surface area contributed by atoms with Crippen molar-refractivity contribution < 1.29 is 18.4 Å². The number of aryl methyl sites for hydroxylation is 2. The number of rotatable bonds is 9. The zero-order chi connectivity index (χ0) is 23.3. The van der Waals surface area contributed by atoms with Gasteiger partial charge in [0.25, 0.3) is 5.78 Å². The zero-order valence-electron chi connectivity index (χ0n) is 18.0. The molecule has 0 aliphatic rings. The van der Waals surface area contributed by atoms with E-state index in [9.17, 15) is 18.4 Å². The number of hydrogen-bond acceptors (Lipinski definition) is 6. The number of fused-ring (bicyclic) bond motifs is 1. The Morgan fingerprint density at radius 3 is 2.62 bits per heavy atom. The topological polar surface area (TPSA) is 101 Å². The summed E-state index contributed by atoms with van der Waals surface area (Å²) >= 11 is 1.13. The van der Waals surface area contributed by atoms with Gasteiger partial charge < -0.3 is 10.6 Å². The second-order valence-electron chi connectivity index (χ2n) is 7.21. The Kier molecular flexibility index (Phi) is 7.73. The number of nitrogens with zero attached hydrogens (tertiary/aromatic N) is 4. The van der Waals surface area contributed by atoms with Crippen molar-refractivity contribution in [3.05, 3.63) is 46.8 Å². The average Bonchev–Trinajstić information content (AvgIpc) is 3.16. The first kappa shape index (κ1) is 23.6. The quantitative estimate of drug-likeness (QED) is 0.474. The molecular weight excluding hydrogens is 438 g/mol. The Morgan fingerprint density at radius 1 is 1.12 bits per heavy atom. The second-order valence-corrected chi connectivity index (χ2v) is 8.16. The number of carbonyl (C=O) groups is 2. The van der Waals surface area contributed by atoms with Gasteiger partial charge in [0.2, 0.25) is 17.0 Å². The lowest BCUT2D eigenvalue weighted by Gasteiger charge is -2.09. The summed E-state index contributed by atoms with van der Waals surface area (Å²) in [7, 11) is 0. The SMILES string of the molecule is CCCCc1c(C)nc2nc(SCC(=O)NCC(=O)Nc3ccc(F)c(F)c3)nn2c1C. The zero-order valence-corrected chi connectivity index (χ0v) is 18.9. The number of hydrogen-bond donors (Lipinski definition) is 2. The average molecular weight is 463 g/mol. The second kappa shape index (κ2) is 10.5. The highest BCUT2D eigenvalue weighted by molar-refractivity contribution is 7.99. The van der Waals surface area contributed by atoms with Crippen LogP contribution in [-0.2, 0) is 16.0 Å². The first-order valence-corrected chi connectivity index (χ1v) is 11.1. The van der Waals surface area contributed by atoms with Crippen LogP contribution in [0.4, 0.5) is 14.5 Å². The van der Waals surface area contributed by atoms with Crippen molar-refractivity contribution in [3.63, 3.8) is 0 Å². The van der Waals surface area contributed by atoms with Crippen LogP contribution in [0, 0.1) is 25.5 Å². The molecule has 2 N–H and O–H groups in total. The fourth-order valence-corrected chi connectivity index (χ4v) is 3.75. The van der Waals surface area contributed by atoms with Gasteiger partial charge in [-0.2, -0.15) is 4.98 Å². The van der Waals surface area contributed by atoms with Crippen LogP contribution in [0.5, 0.6) is 0 Å². The summed E-state index contributed by atoms with van der Waals surface area (Å²) in [6.45, 7) is 5.77. The highest BCUT2D eigenvalue weighted by Gasteiger charge is 2.15. The molecule has 0 fully saturated rings. The number of halogens is 2. The Hall–Kier alpha value is -3.08. The van der Waals surface area contributed by atoms with E-state index in [2.05, 4.69) is 32.6 Å². The fraction of sp³-hybridized carbons (Fsp3) is 0.381. The van der Waals surface area contributed by atoms with Crippen LogP contribution < -0.4 is 10.6 Å². The van der Waals surface area contributed by atoms with Crippen molar-refractivity contribution in [2.24, 2.45) is 0 Å². The molecule has 0 spiro atoms.